The van der Waals surface area contributed by atoms with Crippen LogP contribution in [0.4, 0.5) is 5.69 Å². The van der Waals surface area contributed by atoms with Crippen molar-refractivity contribution < 1.29 is 13.2 Å². The molecule has 0 saturated carbocycles. The van der Waals surface area contributed by atoms with E-state index in [0.717, 1.165) is 11.1 Å². The summed E-state index contributed by atoms with van der Waals surface area (Å²) in [7, 11) is -2.17. The molecule has 0 fully saturated rings. The molecule has 1 amide bonds. The summed E-state index contributed by atoms with van der Waals surface area (Å²) in [4.78, 5) is 14.3. The second-order valence-electron chi connectivity index (χ2n) is 6.75. The van der Waals surface area contributed by atoms with Gasteiger partial charge in [0.1, 0.15) is 0 Å². The van der Waals surface area contributed by atoms with Crippen molar-refractivity contribution in [1.29, 1.82) is 0 Å². The van der Waals surface area contributed by atoms with Crippen LogP contribution in [0.1, 0.15) is 21.5 Å². The zero-order chi connectivity index (χ0) is 21.0. The quantitative estimate of drug-likeness (QED) is 0.617. The van der Waals surface area contributed by atoms with Gasteiger partial charge in [0.2, 0.25) is 0 Å². The second kappa shape index (κ2) is 8.68. The fourth-order valence-electron chi connectivity index (χ4n) is 2.81. The van der Waals surface area contributed by atoms with Crippen LogP contribution in [0.15, 0.2) is 77.7 Å². The molecule has 0 unspecified atom stereocenters. The number of hydrogen-bond donors (Lipinski definition) is 1. The van der Waals surface area contributed by atoms with Crippen molar-refractivity contribution in [3.8, 4) is 0 Å². The van der Waals surface area contributed by atoms with Crippen molar-refractivity contribution >= 4 is 33.2 Å². The second-order valence-corrected chi connectivity index (χ2v) is 8.84. The van der Waals surface area contributed by atoms with Crippen LogP contribution < -0.4 is 4.72 Å². The van der Waals surface area contributed by atoms with Crippen LogP contribution in [0.3, 0.4) is 0 Å². The molecule has 1 N–H and O–H groups in total. The number of rotatable bonds is 6. The van der Waals surface area contributed by atoms with Crippen LogP contribution in [0.25, 0.3) is 0 Å². The first-order chi connectivity index (χ1) is 13.8. The summed E-state index contributed by atoms with van der Waals surface area (Å²) in [5.74, 6) is -0.294. The fraction of sp³-hybridized carbons (Fsp3) is 0.136. The van der Waals surface area contributed by atoms with Crippen LogP contribution in [0.5, 0.6) is 0 Å². The normalized spacial score (nSPS) is 11.1. The maximum atomic E-state index is 12.8. The number of benzene rings is 3. The summed E-state index contributed by atoms with van der Waals surface area (Å²) >= 11 is 6.17. The van der Waals surface area contributed by atoms with Gasteiger partial charge in [-0.15, -0.1) is 0 Å². The molecule has 0 saturated heterocycles. The highest BCUT2D eigenvalue weighted by Gasteiger charge is 2.19. The minimum atomic E-state index is -3.82. The van der Waals surface area contributed by atoms with E-state index in [-0.39, 0.29) is 16.4 Å². The minimum absolute atomic E-state index is 0.0232. The Kier molecular flexibility index (Phi) is 6.25. The lowest BCUT2D eigenvalue weighted by Gasteiger charge is -2.18. The first-order valence-electron chi connectivity index (χ1n) is 8.95. The van der Waals surface area contributed by atoms with Gasteiger partial charge in [0, 0.05) is 29.9 Å². The van der Waals surface area contributed by atoms with Crippen molar-refractivity contribution in [2.24, 2.45) is 0 Å². The summed E-state index contributed by atoms with van der Waals surface area (Å²) in [6.07, 6.45) is 0. The standard InChI is InChI=1S/C22H21ClN2O3S/c1-16-10-12-19(13-11-16)24-29(27,28)20-8-5-7-17(14-20)22(26)25(2)15-18-6-3-4-9-21(18)23/h3-14,24H,15H2,1-2H3. The number of anilines is 1. The summed E-state index contributed by atoms with van der Waals surface area (Å²) in [6.45, 7) is 2.24. The van der Waals surface area contributed by atoms with Gasteiger partial charge in [-0.25, -0.2) is 8.42 Å². The van der Waals surface area contributed by atoms with Crippen LogP contribution in [-0.2, 0) is 16.6 Å². The maximum absolute atomic E-state index is 12.8. The maximum Gasteiger partial charge on any atom is 0.261 e. The van der Waals surface area contributed by atoms with Gasteiger partial charge < -0.3 is 4.90 Å². The van der Waals surface area contributed by atoms with Gasteiger partial charge in [-0.3, -0.25) is 9.52 Å². The molecule has 0 atom stereocenters. The van der Waals surface area contributed by atoms with Crippen LogP contribution >= 0.6 is 11.6 Å². The van der Waals surface area contributed by atoms with E-state index in [1.54, 1.807) is 37.4 Å². The summed E-state index contributed by atoms with van der Waals surface area (Å²) in [5, 5.41) is 0.575. The van der Waals surface area contributed by atoms with E-state index in [0.29, 0.717) is 17.3 Å². The predicted molar refractivity (Wildman–Crippen MR) is 116 cm³/mol. The number of nitrogens with one attached hydrogen (secondary N) is 1. The molecule has 5 nitrogen and oxygen atoms in total. The zero-order valence-corrected chi connectivity index (χ0v) is 17.7. The predicted octanol–water partition coefficient (Wildman–Crippen LogP) is 4.72. The molecule has 3 aromatic rings. The van der Waals surface area contributed by atoms with Crippen molar-refractivity contribution in [2.45, 2.75) is 18.4 Å². The highest BCUT2D eigenvalue weighted by molar-refractivity contribution is 7.92. The minimum Gasteiger partial charge on any atom is -0.337 e. The van der Waals surface area contributed by atoms with E-state index < -0.39 is 10.0 Å². The third kappa shape index (κ3) is 5.16. The molecule has 0 aliphatic heterocycles. The van der Waals surface area contributed by atoms with Crippen LogP contribution in [0.2, 0.25) is 5.02 Å². The van der Waals surface area contributed by atoms with E-state index in [2.05, 4.69) is 4.72 Å². The molecular formula is C22H21ClN2O3S. The Labute approximate surface area is 176 Å². The van der Waals surface area contributed by atoms with E-state index >= 15 is 0 Å². The molecule has 3 aromatic carbocycles. The van der Waals surface area contributed by atoms with Gasteiger partial charge >= 0.3 is 0 Å². The zero-order valence-electron chi connectivity index (χ0n) is 16.1. The molecule has 0 radical (unpaired) electrons. The summed E-state index contributed by atoms with van der Waals surface area (Å²) in [5.41, 5.74) is 2.59. The lowest BCUT2D eigenvalue weighted by atomic mass is 10.1. The SMILES string of the molecule is Cc1ccc(NS(=O)(=O)c2cccc(C(=O)N(C)Cc3ccccc3Cl)c2)cc1. The number of aryl methyl sites for hydroxylation is 1. The molecule has 3 rings (SSSR count). The van der Waals surface area contributed by atoms with Crippen LogP contribution in [0, 0.1) is 6.92 Å². The Hall–Kier alpha value is -2.83. The van der Waals surface area contributed by atoms with Gasteiger partial charge in [0.15, 0.2) is 0 Å². The number of carbonyl (C=O) groups excluding carboxylic acids is 1. The fourth-order valence-corrected chi connectivity index (χ4v) is 4.11. The van der Waals surface area contributed by atoms with E-state index in [1.165, 1.54) is 17.0 Å². The first kappa shape index (κ1) is 20.9. The van der Waals surface area contributed by atoms with E-state index in [4.69, 9.17) is 11.6 Å². The lowest BCUT2D eigenvalue weighted by Crippen LogP contribution is -2.26. The van der Waals surface area contributed by atoms with Gasteiger partial charge in [-0.2, -0.15) is 0 Å². The number of carbonyl (C=O) groups is 1. The molecule has 150 valence electrons. The van der Waals surface area contributed by atoms with Gasteiger partial charge in [0.05, 0.1) is 4.90 Å². The van der Waals surface area contributed by atoms with E-state index in [1.807, 2.05) is 37.3 Å². The number of nitrogens with zero attached hydrogens (tertiary/aromatic N) is 1. The average Bonchev–Trinajstić information content (AvgIpc) is 2.71. The molecule has 0 aliphatic carbocycles. The lowest BCUT2D eigenvalue weighted by molar-refractivity contribution is 0.0785. The highest BCUT2D eigenvalue weighted by Crippen LogP contribution is 2.20. The highest BCUT2D eigenvalue weighted by atomic mass is 35.5. The third-order valence-corrected chi connectivity index (χ3v) is 6.15. The smallest absolute Gasteiger partial charge is 0.261 e. The van der Waals surface area contributed by atoms with Crippen molar-refractivity contribution in [2.75, 3.05) is 11.8 Å². The molecule has 0 bridgehead atoms. The van der Waals surface area contributed by atoms with Gasteiger partial charge in [-0.1, -0.05) is 53.6 Å². The monoisotopic (exact) mass is 428 g/mol. The Balaban J connectivity index is 1.80. The molecular weight excluding hydrogens is 408 g/mol. The number of amides is 1. The van der Waals surface area contributed by atoms with Crippen molar-refractivity contribution in [1.82, 2.24) is 4.90 Å². The van der Waals surface area contributed by atoms with Gasteiger partial charge in [0.25, 0.3) is 15.9 Å². The largest absolute Gasteiger partial charge is 0.337 e. The Bertz CT molecular complexity index is 1130. The number of sulfonamides is 1. The van der Waals surface area contributed by atoms with Crippen molar-refractivity contribution in [3.63, 3.8) is 0 Å². The topological polar surface area (TPSA) is 66.5 Å². The summed E-state index contributed by atoms with van der Waals surface area (Å²) in [6, 6.07) is 20.3. The van der Waals surface area contributed by atoms with Gasteiger partial charge in [-0.05, 0) is 48.9 Å². The summed E-state index contributed by atoms with van der Waals surface area (Å²) < 4.78 is 28.0. The Morgan fingerprint density at radius 3 is 2.38 bits per heavy atom. The average molecular weight is 429 g/mol. The van der Waals surface area contributed by atoms with Crippen LogP contribution in [-0.4, -0.2) is 26.3 Å². The Morgan fingerprint density at radius 2 is 1.69 bits per heavy atom. The molecule has 0 aromatic heterocycles. The number of halogens is 1. The molecule has 29 heavy (non-hydrogen) atoms. The Morgan fingerprint density at radius 1 is 1.00 bits per heavy atom. The molecule has 0 spiro atoms. The molecule has 0 aliphatic rings. The first-order valence-corrected chi connectivity index (χ1v) is 10.8. The van der Waals surface area contributed by atoms with Crippen molar-refractivity contribution in [3.05, 3.63) is 94.5 Å². The molecule has 7 heteroatoms. The molecule has 0 heterocycles. The van der Waals surface area contributed by atoms with E-state index in [9.17, 15) is 13.2 Å². The number of hydrogen-bond acceptors (Lipinski definition) is 3. The third-order valence-electron chi connectivity index (χ3n) is 4.41.